The predicted octanol–water partition coefficient (Wildman–Crippen LogP) is 4.76. The zero-order valence-corrected chi connectivity index (χ0v) is 19.9. The molecule has 3 aromatic carbocycles. The Bertz CT molecular complexity index is 1420. The fourth-order valence-corrected chi connectivity index (χ4v) is 3.69. The molecule has 0 saturated heterocycles. The van der Waals surface area contributed by atoms with Gasteiger partial charge in [0.05, 0.1) is 25.1 Å². The first-order chi connectivity index (χ1) is 16.2. The number of nitrogens with one attached hydrogen (secondary N) is 1. The summed E-state index contributed by atoms with van der Waals surface area (Å²) in [6.07, 6.45) is 0. The van der Waals surface area contributed by atoms with Crippen LogP contribution in [0.2, 0.25) is 0 Å². The van der Waals surface area contributed by atoms with E-state index in [1.165, 1.54) is 11.8 Å². The first kappa shape index (κ1) is 23.0. The molecule has 0 atom stereocenters. The van der Waals surface area contributed by atoms with Crippen LogP contribution in [-0.4, -0.2) is 29.8 Å². The molecule has 7 nitrogen and oxygen atoms in total. The van der Waals surface area contributed by atoms with Gasteiger partial charge in [0.15, 0.2) is 17.3 Å². The van der Waals surface area contributed by atoms with E-state index in [0.717, 1.165) is 5.56 Å². The molecule has 34 heavy (non-hydrogen) atoms. The topological polar surface area (TPSA) is 82.5 Å². The summed E-state index contributed by atoms with van der Waals surface area (Å²) in [5, 5.41) is 0.398. The summed E-state index contributed by atoms with van der Waals surface area (Å²) in [7, 11) is 3.08. The molecule has 1 aromatic heterocycles. The minimum atomic E-state index is -0.415. The molecule has 0 aliphatic carbocycles. The molecule has 0 radical (unpaired) electrons. The highest BCUT2D eigenvalue weighted by Crippen LogP contribution is 2.31. The van der Waals surface area contributed by atoms with E-state index in [4.69, 9.17) is 9.47 Å². The minimum absolute atomic E-state index is 0.0329. The van der Waals surface area contributed by atoms with E-state index in [1.807, 2.05) is 18.2 Å². The van der Waals surface area contributed by atoms with Crippen molar-refractivity contribution in [3.05, 3.63) is 88.2 Å². The van der Waals surface area contributed by atoms with Crippen LogP contribution in [0.15, 0.2) is 71.5 Å². The van der Waals surface area contributed by atoms with Crippen LogP contribution < -0.4 is 20.5 Å². The second-order valence-electron chi connectivity index (χ2n) is 8.93. The lowest BCUT2D eigenvalue weighted by Gasteiger charge is -2.19. The van der Waals surface area contributed by atoms with Crippen molar-refractivity contribution in [1.82, 2.24) is 9.66 Å². The van der Waals surface area contributed by atoms with Gasteiger partial charge in [0.2, 0.25) is 0 Å². The molecule has 7 heteroatoms. The maximum atomic E-state index is 13.4. The van der Waals surface area contributed by atoms with E-state index < -0.39 is 5.91 Å². The van der Waals surface area contributed by atoms with Crippen LogP contribution >= 0.6 is 0 Å². The molecule has 174 valence electrons. The molecule has 1 heterocycles. The lowest BCUT2D eigenvalue weighted by molar-refractivity contribution is 0.101. The first-order valence-corrected chi connectivity index (χ1v) is 10.9. The fourth-order valence-electron chi connectivity index (χ4n) is 3.69. The van der Waals surface area contributed by atoms with Gasteiger partial charge in [0, 0.05) is 11.1 Å². The average Bonchev–Trinajstić information content (AvgIpc) is 2.84. The lowest BCUT2D eigenvalue weighted by Crippen LogP contribution is -2.35. The number of carbonyl (C=O) groups is 1. The highest BCUT2D eigenvalue weighted by molar-refractivity contribution is 6.00. The quantitative estimate of drug-likeness (QED) is 0.467. The Morgan fingerprint density at radius 3 is 2.24 bits per heavy atom. The van der Waals surface area contributed by atoms with Gasteiger partial charge in [-0.1, -0.05) is 45.0 Å². The van der Waals surface area contributed by atoms with Crippen molar-refractivity contribution >= 4 is 16.8 Å². The summed E-state index contributed by atoms with van der Waals surface area (Å²) >= 11 is 0. The van der Waals surface area contributed by atoms with Crippen molar-refractivity contribution < 1.29 is 14.3 Å². The molecule has 0 aliphatic heterocycles. The van der Waals surface area contributed by atoms with Crippen molar-refractivity contribution in [2.45, 2.75) is 26.2 Å². The van der Waals surface area contributed by atoms with Gasteiger partial charge in [-0.3, -0.25) is 15.0 Å². The van der Waals surface area contributed by atoms with Crippen molar-refractivity contribution in [3.8, 4) is 22.9 Å². The number of amides is 1. The zero-order chi connectivity index (χ0) is 24.5. The summed E-state index contributed by atoms with van der Waals surface area (Å²) in [4.78, 5) is 31.2. The maximum absolute atomic E-state index is 13.4. The number of carbonyl (C=O) groups excluding carboxylic acids is 1. The second-order valence-corrected chi connectivity index (χ2v) is 8.93. The lowest BCUT2D eigenvalue weighted by atomic mass is 9.87. The van der Waals surface area contributed by atoms with Gasteiger partial charge in [-0.2, -0.15) is 4.68 Å². The minimum Gasteiger partial charge on any atom is -0.493 e. The molecule has 4 rings (SSSR count). The summed E-state index contributed by atoms with van der Waals surface area (Å²) in [5.41, 5.74) is 4.99. The number of fused-ring (bicyclic) bond motifs is 1. The van der Waals surface area contributed by atoms with Gasteiger partial charge in [-0.05, 0) is 53.4 Å². The van der Waals surface area contributed by atoms with Crippen molar-refractivity contribution in [3.63, 3.8) is 0 Å². The summed E-state index contributed by atoms with van der Waals surface area (Å²) < 4.78 is 11.9. The molecule has 0 aliphatic rings. The number of nitrogens with zero attached hydrogens (tertiary/aromatic N) is 2. The van der Waals surface area contributed by atoms with E-state index >= 15 is 0 Å². The van der Waals surface area contributed by atoms with Crippen molar-refractivity contribution in [2.24, 2.45) is 0 Å². The third kappa shape index (κ3) is 4.37. The molecular formula is C27H27N3O4. The summed E-state index contributed by atoms with van der Waals surface area (Å²) in [5.74, 6) is 0.896. The Hall–Kier alpha value is -4.13. The van der Waals surface area contributed by atoms with E-state index in [9.17, 15) is 9.59 Å². The van der Waals surface area contributed by atoms with E-state index in [-0.39, 0.29) is 16.8 Å². The van der Waals surface area contributed by atoms with Crippen LogP contribution in [0.25, 0.3) is 22.3 Å². The van der Waals surface area contributed by atoms with Gasteiger partial charge < -0.3 is 9.47 Å². The van der Waals surface area contributed by atoms with Crippen LogP contribution in [0.5, 0.6) is 11.5 Å². The molecule has 0 unspecified atom stereocenters. The largest absolute Gasteiger partial charge is 0.493 e. The van der Waals surface area contributed by atoms with Gasteiger partial charge in [0.25, 0.3) is 11.5 Å². The van der Waals surface area contributed by atoms with Crippen LogP contribution in [0.4, 0.5) is 0 Å². The Morgan fingerprint density at radius 1 is 0.912 bits per heavy atom. The van der Waals surface area contributed by atoms with Crippen LogP contribution in [-0.2, 0) is 5.41 Å². The number of benzene rings is 3. The van der Waals surface area contributed by atoms with Crippen molar-refractivity contribution in [1.29, 1.82) is 0 Å². The maximum Gasteiger partial charge on any atom is 0.280 e. The van der Waals surface area contributed by atoms with Gasteiger partial charge >= 0.3 is 0 Å². The first-order valence-electron chi connectivity index (χ1n) is 10.9. The van der Waals surface area contributed by atoms with E-state index in [2.05, 4.69) is 31.2 Å². The standard InChI is InChI=1S/C27H27N3O4/c1-27(2,3)19-13-10-17(11-14-19)25(31)29-30-24(18-12-15-22(33-4)23(16-18)34-5)28-21-9-7-6-8-20(21)26(30)32/h6-16H,1-5H3,(H,29,31). The zero-order valence-electron chi connectivity index (χ0n) is 19.9. The van der Waals surface area contributed by atoms with Crippen molar-refractivity contribution in [2.75, 3.05) is 19.6 Å². The van der Waals surface area contributed by atoms with Crippen LogP contribution in [0, 0.1) is 0 Å². The molecule has 1 amide bonds. The molecular weight excluding hydrogens is 430 g/mol. The molecule has 1 N–H and O–H groups in total. The van der Waals surface area contributed by atoms with Gasteiger partial charge in [-0.15, -0.1) is 0 Å². The Kier molecular flexibility index (Phi) is 6.11. The van der Waals surface area contributed by atoms with Crippen LogP contribution in [0.1, 0.15) is 36.7 Å². The van der Waals surface area contributed by atoms with Crippen LogP contribution in [0.3, 0.4) is 0 Å². The number of rotatable bonds is 5. The summed E-state index contributed by atoms with van der Waals surface area (Å²) in [6, 6.07) is 19.6. The number of aromatic nitrogens is 2. The third-order valence-electron chi connectivity index (χ3n) is 5.64. The predicted molar refractivity (Wildman–Crippen MR) is 133 cm³/mol. The monoisotopic (exact) mass is 457 g/mol. The number of hydrogen-bond donors (Lipinski definition) is 1. The van der Waals surface area contributed by atoms with Gasteiger partial charge in [0.1, 0.15) is 0 Å². The molecule has 0 bridgehead atoms. The SMILES string of the molecule is COc1ccc(-c2nc3ccccc3c(=O)n2NC(=O)c2ccc(C(C)(C)C)cc2)cc1OC. The molecule has 0 saturated carbocycles. The van der Waals surface area contributed by atoms with E-state index in [1.54, 1.807) is 55.6 Å². The molecule has 0 spiro atoms. The number of methoxy groups -OCH3 is 2. The fraction of sp³-hybridized carbons (Fsp3) is 0.222. The smallest absolute Gasteiger partial charge is 0.280 e. The normalized spacial score (nSPS) is 11.3. The third-order valence-corrected chi connectivity index (χ3v) is 5.64. The number of ether oxygens (including phenoxy) is 2. The summed E-state index contributed by atoms with van der Waals surface area (Å²) in [6.45, 7) is 6.33. The Morgan fingerprint density at radius 2 is 1.59 bits per heavy atom. The van der Waals surface area contributed by atoms with Gasteiger partial charge in [-0.25, -0.2) is 4.98 Å². The highest BCUT2D eigenvalue weighted by atomic mass is 16.5. The second kappa shape index (κ2) is 9.02. The molecule has 0 fully saturated rings. The number of para-hydroxylation sites is 1. The molecule has 4 aromatic rings. The van der Waals surface area contributed by atoms with E-state index in [0.29, 0.717) is 33.5 Å². The average molecular weight is 458 g/mol. The number of hydrogen-bond acceptors (Lipinski definition) is 5. The Balaban J connectivity index is 1.82. The highest BCUT2D eigenvalue weighted by Gasteiger charge is 2.19. The Labute approximate surface area is 198 Å².